The van der Waals surface area contributed by atoms with Gasteiger partial charge in [-0.25, -0.2) is 0 Å². The molecule has 1 aromatic carbocycles. The number of nitrogens with one attached hydrogen (secondary N) is 1. The van der Waals surface area contributed by atoms with Crippen molar-refractivity contribution in [1.82, 2.24) is 0 Å². The normalized spacial score (nSPS) is 13.7. The van der Waals surface area contributed by atoms with Gasteiger partial charge in [0.2, 0.25) is 0 Å². The second-order valence-corrected chi connectivity index (χ2v) is 6.95. The Morgan fingerprint density at radius 2 is 1.79 bits per heavy atom. The van der Waals surface area contributed by atoms with Crippen molar-refractivity contribution in [2.75, 3.05) is 12.4 Å². The van der Waals surface area contributed by atoms with Crippen molar-refractivity contribution in [2.45, 2.75) is 78.9 Å². The van der Waals surface area contributed by atoms with Crippen LogP contribution in [0.5, 0.6) is 5.75 Å². The maximum atomic E-state index is 12.7. The largest absolute Gasteiger partial charge is 0.490 e. The first-order valence-electron chi connectivity index (χ1n) is 8.88. The number of unbranched alkanes of at least 4 members (excludes halogenated alkanes) is 2. The third kappa shape index (κ3) is 5.52. The molecule has 4 heteroatoms. The summed E-state index contributed by atoms with van der Waals surface area (Å²) in [5, 5.41) is 3.00. The SMILES string of the molecule is CCCCC[C@@](C)(OC)C(=O)Nc1cc(C)c(OC(C)C)c(C)c1. The van der Waals surface area contributed by atoms with E-state index in [1.54, 1.807) is 7.11 Å². The van der Waals surface area contributed by atoms with Gasteiger partial charge in [-0.2, -0.15) is 0 Å². The van der Waals surface area contributed by atoms with Crippen LogP contribution in [-0.2, 0) is 9.53 Å². The molecule has 4 nitrogen and oxygen atoms in total. The first-order valence-corrected chi connectivity index (χ1v) is 8.88. The Bertz CT molecular complexity index is 531. The fraction of sp³-hybridized carbons (Fsp3) is 0.650. The highest BCUT2D eigenvalue weighted by molar-refractivity contribution is 5.97. The molecule has 0 saturated heterocycles. The van der Waals surface area contributed by atoms with Crippen LogP contribution in [-0.4, -0.2) is 24.7 Å². The molecule has 24 heavy (non-hydrogen) atoms. The second-order valence-electron chi connectivity index (χ2n) is 6.95. The number of ether oxygens (including phenoxy) is 2. The van der Waals surface area contributed by atoms with E-state index in [1.165, 1.54) is 0 Å². The number of hydrogen-bond acceptors (Lipinski definition) is 3. The van der Waals surface area contributed by atoms with Crippen molar-refractivity contribution < 1.29 is 14.3 Å². The molecule has 1 atom stereocenters. The molecule has 1 aromatic rings. The highest BCUT2D eigenvalue weighted by Crippen LogP contribution is 2.29. The minimum atomic E-state index is -0.802. The fourth-order valence-corrected chi connectivity index (χ4v) is 2.73. The van der Waals surface area contributed by atoms with Crippen LogP contribution in [0.15, 0.2) is 12.1 Å². The van der Waals surface area contributed by atoms with Gasteiger partial charge in [-0.05, 0) is 64.3 Å². The van der Waals surface area contributed by atoms with Crippen LogP contribution in [0.3, 0.4) is 0 Å². The van der Waals surface area contributed by atoms with Crippen molar-refractivity contribution in [1.29, 1.82) is 0 Å². The van der Waals surface area contributed by atoms with E-state index in [4.69, 9.17) is 9.47 Å². The number of amides is 1. The minimum absolute atomic E-state index is 0.0996. The number of aryl methyl sites for hydroxylation is 2. The summed E-state index contributed by atoms with van der Waals surface area (Å²) in [5.74, 6) is 0.790. The van der Waals surface area contributed by atoms with Gasteiger partial charge in [-0.3, -0.25) is 4.79 Å². The van der Waals surface area contributed by atoms with Crippen molar-refractivity contribution >= 4 is 11.6 Å². The molecule has 0 aromatic heterocycles. The third-order valence-corrected chi connectivity index (χ3v) is 4.26. The topological polar surface area (TPSA) is 47.6 Å². The van der Waals surface area contributed by atoms with Crippen LogP contribution >= 0.6 is 0 Å². The van der Waals surface area contributed by atoms with Crippen LogP contribution < -0.4 is 10.1 Å². The first-order chi connectivity index (χ1) is 11.2. The highest BCUT2D eigenvalue weighted by Gasteiger charge is 2.32. The average Bonchev–Trinajstić information content (AvgIpc) is 2.50. The Labute approximate surface area is 146 Å². The predicted octanol–water partition coefficient (Wildman–Crippen LogP) is 5.01. The van der Waals surface area contributed by atoms with E-state index in [2.05, 4.69) is 12.2 Å². The quantitative estimate of drug-likeness (QED) is 0.645. The van der Waals surface area contributed by atoms with Crippen molar-refractivity contribution in [2.24, 2.45) is 0 Å². The van der Waals surface area contributed by atoms with Gasteiger partial charge >= 0.3 is 0 Å². The van der Waals surface area contributed by atoms with Gasteiger partial charge in [0.1, 0.15) is 11.4 Å². The van der Waals surface area contributed by atoms with Crippen molar-refractivity contribution in [3.8, 4) is 5.75 Å². The van der Waals surface area contributed by atoms with E-state index in [0.717, 1.165) is 48.2 Å². The van der Waals surface area contributed by atoms with E-state index in [9.17, 15) is 4.79 Å². The standard InChI is InChI=1S/C20H33NO3/c1-8-9-10-11-20(6,23-7)19(22)21-17-12-15(4)18(16(5)13-17)24-14(2)3/h12-14H,8-11H2,1-7H3,(H,21,22)/t20-/m1/s1. The summed E-state index contributed by atoms with van der Waals surface area (Å²) < 4.78 is 11.4. The number of hydrogen-bond donors (Lipinski definition) is 1. The molecule has 1 amide bonds. The van der Waals surface area contributed by atoms with Crippen molar-refractivity contribution in [3.63, 3.8) is 0 Å². The summed E-state index contributed by atoms with van der Waals surface area (Å²) in [6.07, 6.45) is 4.05. The Balaban J connectivity index is 2.89. The number of carbonyl (C=O) groups is 1. The van der Waals surface area contributed by atoms with Crippen LogP contribution in [0.1, 0.15) is 64.5 Å². The molecule has 0 saturated carbocycles. The van der Waals surface area contributed by atoms with E-state index >= 15 is 0 Å². The lowest BCUT2D eigenvalue weighted by molar-refractivity contribution is -0.136. The van der Waals surface area contributed by atoms with Gasteiger partial charge in [0.05, 0.1) is 6.10 Å². The van der Waals surface area contributed by atoms with E-state index in [1.807, 2.05) is 46.8 Å². The molecule has 0 aliphatic heterocycles. The third-order valence-electron chi connectivity index (χ3n) is 4.26. The molecule has 0 radical (unpaired) electrons. The van der Waals surface area contributed by atoms with E-state index in [0.29, 0.717) is 0 Å². The molecular formula is C20H33NO3. The number of methoxy groups -OCH3 is 1. The zero-order valence-corrected chi connectivity index (χ0v) is 16.3. The summed E-state index contributed by atoms with van der Waals surface area (Å²) in [6.45, 7) is 12.0. The van der Waals surface area contributed by atoms with Gasteiger partial charge in [0.15, 0.2) is 0 Å². The Morgan fingerprint density at radius 3 is 2.25 bits per heavy atom. The van der Waals surface area contributed by atoms with Gasteiger partial charge in [0.25, 0.3) is 5.91 Å². The molecule has 0 aliphatic rings. The second kappa shape index (κ2) is 9.07. The van der Waals surface area contributed by atoms with Crippen LogP contribution in [0.2, 0.25) is 0 Å². The molecule has 1 rings (SSSR count). The van der Waals surface area contributed by atoms with Crippen molar-refractivity contribution in [3.05, 3.63) is 23.3 Å². The highest BCUT2D eigenvalue weighted by atomic mass is 16.5. The first kappa shape index (κ1) is 20.5. The lowest BCUT2D eigenvalue weighted by Crippen LogP contribution is -2.42. The molecule has 0 fully saturated rings. The van der Waals surface area contributed by atoms with Gasteiger partial charge in [0, 0.05) is 12.8 Å². The number of carbonyl (C=O) groups excluding carboxylic acids is 1. The molecular weight excluding hydrogens is 302 g/mol. The van der Waals surface area contributed by atoms with Gasteiger partial charge < -0.3 is 14.8 Å². The summed E-state index contributed by atoms with van der Waals surface area (Å²) in [7, 11) is 1.60. The maximum absolute atomic E-state index is 12.7. The lowest BCUT2D eigenvalue weighted by Gasteiger charge is -2.27. The maximum Gasteiger partial charge on any atom is 0.256 e. The summed E-state index contributed by atoms with van der Waals surface area (Å²) in [6, 6.07) is 3.90. The Morgan fingerprint density at radius 1 is 1.21 bits per heavy atom. The minimum Gasteiger partial charge on any atom is -0.490 e. The molecule has 1 N–H and O–H groups in total. The smallest absolute Gasteiger partial charge is 0.256 e. The predicted molar refractivity (Wildman–Crippen MR) is 99.9 cm³/mol. The number of rotatable bonds is 9. The number of benzene rings is 1. The molecule has 0 spiro atoms. The Hall–Kier alpha value is -1.55. The van der Waals surface area contributed by atoms with Crippen LogP contribution in [0.25, 0.3) is 0 Å². The number of anilines is 1. The summed E-state index contributed by atoms with van der Waals surface area (Å²) in [5.41, 5.74) is 2.02. The molecule has 0 aliphatic carbocycles. The molecule has 0 unspecified atom stereocenters. The monoisotopic (exact) mass is 335 g/mol. The van der Waals surface area contributed by atoms with E-state index in [-0.39, 0.29) is 12.0 Å². The summed E-state index contributed by atoms with van der Waals surface area (Å²) >= 11 is 0. The zero-order chi connectivity index (χ0) is 18.3. The molecule has 0 bridgehead atoms. The lowest BCUT2D eigenvalue weighted by atomic mass is 9.96. The molecule has 0 heterocycles. The summed E-state index contributed by atoms with van der Waals surface area (Å²) in [4.78, 5) is 12.7. The van der Waals surface area contributed by atoms with Crippen LogP contribution in [0.4, 0.5) is 5.69 Å². The van der Waals surface area contributed by atoms with Gasteiger partial charge in [-0.1, -0.05) is 26.2 Å². The molecule has 136 valence electrons. The van der Waals surface area contributed by atoms with Gasteiger partial charge in [-0.15, -0.1) is 0 Å². The average molecular weight is 335 g/mol. The van der Waals surface area contributed by atoms with E-state index < -0.39 is 5.60 Å². The Kier molecular flexibility index (Phi) is 7.74. The van der Waals surface area contributed by atoms with Crippen LogP contribution in [0, 0.1) is 13.8 Å². The fourth-order valence-electron chi connectivity index (χ4n) is 2.73. The zero-order valence-electron chi connectivity index (χ0n) is 16.3.